The lowest BCUT2D eigenvalue weighted by Crippen LogP contribution is -2.47. The van der Waals surface area contributed by atoms with Gasteiger partial charge < -0.3 is 5.32 Å². The molecular formula is C15H26Cl2N2S. The van der Waals surface area contributed by atoms with Gasteiger partial charge in [-0.3, -0.25) is 4.90 Å². The highest BCUT2D eigenvalue weighted by atomic mass is 35.5. The molecule has 1 aliphatic heterocycles. The lowest BCUT2D eigenvalue weighted by molar-refractivity contribution is 0.104. The summed E-state index contributed by atoms with van der Waals surface area (Å²) in [5.74, 6) is 0.895. The lowest BCUT2D eigenvalue weighted by Gasteiger charge is -2.40. The van der Waals surface area contributed by atoms with Crippen LogP contribution in [0.3, 0.4) is 0 Å². The molecule has 1 aromatic heterocycles. The van der Waals surface area contributed by atoms with E-state index in [4.69, 9.17) is 0 Å². The highest BCUT2D eigenvalue weighted by Gasteiger charge is 2.30. The first-order valence-corrected chi connectivity index (χ1v) is 8.36. The Hall–Kier alpha value is 0.200. The van der Waals surface area contributed by atoms with Gasteiger partial charge in [0, 0.05) is 32.2 Å². The first kappa shape index (κ1) is 18.2. The fourth-order valence-electron chi connectivity index (χ4n) is 3.63. The summed E-state index contributed by atoms with van der Waals surface area (Å²) in [5, 5.41) is 8.10. The topological polar surface area (TPSA) is 15.3 Å². The van der Waals surface area contributed by atoms with Gasteiger partial charge in [-0.1, -0.05) is 19.3 Å². The van der Waals surface area contributed by atoms with E-state index in [2.05, 4.69) is 27.0 Å². The molecule has 1 atom stereocenters. The van der Waals surface area contributed by atoms with Crippen LogP contribution in [0.25, 0.3) is 0 Å². The van der Waals surface area contributed by atoms with Crippen molar-refractivity contribution in [2.24, 2.45) is 5.92 Å². The van der Waals surface area contributed by atoms with E-state index >= 15 is 0 Å². The second kappa shape index (κ2) is 9.26. The second-order valence-electron chi connectivity index (χ2n) is 5.69. The molecule has 0 bridgehead atoms. The molecule has 2 aliphatic rings. The molecule has 1 N–H and O–H groups in total. The molecule has 1 aromatic rings. The molecule has 0 aromatic carbocycles. The summed E-state index contributed by atoms with van der Waals surface area (Å²) in [5.41, 5.74) is 1.58. The monoisotopic (exact) mass is 336 g/mol. The van der Waals surface area contributed by atoms with E-state index in [1.807, 2.05) is 11.3 Å². The average Bonchev–Trinajstić information content (AvgIpc) is 2.95. The van der Waals surface area contributed by atoms with Crippen LogP contribution in [0.15, 0.2) is 16.8 Å². The number of nitrogens with zero attached hydrogens (tertiary/aromatic N) is 1. The fraction of sp³-hybridized carbons (Fsp3) is 0.733. The SMILES string of the molecule is Cl.Cl.c1cc([C@@H](C2CCCCC2)N2CCNCC2)cs1. The van der Waals surface area contributed by atoms with Crippen LogP contribution in [0.5, 0.6) is 0 Å². The van der Waals surface area contributed by atoms with Gasteiger partial charge in [0.15, 0.2) is 0 Å². The van der Waals surface area contributed by atoms with Gasteiger partial charge in [-0.15, -0.1) is 24.8 Å². The maximum Gasteiger partial charge on any atom is 0.0385 e. The van der Waals surface area contributed by atoms with Crippen LogP contribution < -0.4 is 5.32 Å². The quantitative estimate of drug-likeness (QED) is 0.893. The predicted octanol–water partition coefficient (Wildman–Crippen LogP) is 4.12. The third kappa shape index (κ3) is 4.35. The van der Waals surface area contributed by atoms with Gasteiger partial charge in [-0.2, -0.15) is 11.3 Å². The van der Waals surface area contributed by atoms with E-state index in [-0.39, 0.29) is 24.8 Å². The largest absolute Gasteiger partial charge is 0.314 e. The summed E-state index contributed by atoms with van der Waals surface area (Å²) in [7, 11) is 0. The van der Waals surface area contributed by atoms with E-state index in [1.54, 1.807) is 5.56 Å². The molecule has 0 unspecified atom stereocenters. The molecule has 2 nitrogen and oxygen atoms in total. The minimum Gasteiger partial charge on any atom is -0.314 e. The Morgan fingerprint density at radius 3 is 2.40 bits per heavy atom. The predicted molar refractivity (Wildman–Crippen MR) is 92.6 cm³/mol. The van der Waals surface area contributed by atoms with Crippen molar-refractivity contribution in [3.05, 3.63) is 22.4 Å². The van der Waals surface area contributed by atoms with Crippen molar-refractivity contribution in [2.75, 3.05) is 26.2 Å². The highest BCUT2D eigenvalue weighted by molar-refractivity contribution is 7.07. The lowest BCUT2D eigenvalue weighted by atomic mass is 9.81. The van der Waals surface area contributed by atoms with Crippen molar-refractivity contribution < 1.29 is 0 Å². The molecule has 3 rings (SSSR count). The number of nitrogens with one attached hydrogen (secondary N) is 1. The van der Waals surface area contributed by atoms with Gasteiger partial charge in [0.2, 0.25) is 0 Å². The van der Waals surface area contributed by atoms with Gasteiger partial charge >= 0.3 is 0 Å². The summed E-state index contributed by atoms with van der Waals surface area (Å²) in [6.45, 7) is 4.76. The third-order valence-corrected chi connectivity index (χ3v) is 5.23. The molecular weight excluding hydrogens is 311 g/mol. The number of halogens is 2. The third-order valence-electron chi connectivity index (χ3n) is 4.53. The molecule has 2 fully saturated rings. The number of hydrogen-bond acceptors (Lipinski definition) is 3. The van der Waals surface area contributed by atoms with Crippen LogP contribution in [0.4, 0.5) is 0 Å². The van der Waals surface area contributed by atoms with E-state index < -0.39 is 0 Å². The van der Waals surface area contributed by atoms with E-state index in [0.717, 1.165) is 19.0 Å². The van der Waals surface area contributed by atoms with Crippen LogP contribution in [-0.4, -0.2) is 31.1 Å². The minimum absolute atomic E-state index is 0. The van der Waals surface area contributed by atoms with Crippen LogP contribution in [0.1, 0.15) is 43.7 Å². The Labute approximate surface area is 139 Å². The van der Waals surface area contributed by atoms with E-state index in [9.17, 15) is 0 Å². The summed E-state index contributed by atoms with van der Waals surface area (Å²) < 4.78 is 0. The van der Waals surface area contributed by atoms with Gasteiger partial charge in [-0.05, 0) is 41.1 Å². The van der Waals surface area contributed by atoms with Gasteiger partial charge in [0.1, 0.15) is 0 Å². The Kier molecular flexibility index (Phi) is 8.45. The molecule has 5 heteroatoms. The molecule has 1 saturated heterocycles. The normalized spacial score (nSPS) is 22.6. The van der Waals surface area contributed by atoms with Crippen LogP contribution >= 0.6 is 36.2 Å². The zero-order valence-electron chi connectivity index (χ0n) is 11.9. The summed E-state index contributed by atoms with van der Waals surface area (Å²) in [6, 6.07) is 3.05. The van der Waals surface area contributed by atoms with Crippen molar-refractivity contribution >= 4 is 36.2 Å². The van der Waals surface area contributed by atoms with Gasteiger partial charge in [0.25, 0.3) is 0 Å². The van der Waals surface area contributed by atoms with Crippen molar-refractivity contribution in [1.29, 1.82) is 0 Å². The van der Waals surface area contributed by atoms with Crippen LogP contribution in [-0.2, 0) is 0 Å². The number of thiophene rings is 1. The summed E-state index contributed by atoms with van der Waals surface area (Å²) in [4.78, 5) is 2.73. The number of piperazine rings is 1. The van der Waals surface area contributed by atoms with Crippen molar-refractivity contribution in [3.63, 3.8) is 0 Å². The Balaban J connectivity index is 0.000001000. The molecule has 0 radical (unpaired) electrons. The maximum atomic E-state index is 3.48. The molecule has 116 valence electrons. The van der Waals surface area contributed by atoms with Crippen molar-refractivity contribution in [1.82, 2.24) is 10.2 Å². The van der Waals surface area contributed by atoms with E-state index in [0.29, 0.717) is 6.04 Å². The number of hydrogen-bond donors (Lipinski definition) is 1. The number of rotatable bonds is 3. The van der Waals surface area contributed by atoms with Gasteiger partial charge in [-0.25, -0.2) is 0 Å². The fourth-order valence-corrected chi connectivity index (χ4v) is 4.32. The Morgan fingerprint density at radius 2 is 1.80 bits per heavy atom. The molecule has 20 heavy (non-hydrogen) atoms. The highest BCUT2D eigenvalue weighted by Crippen LogP contribution is 2.39. The smallest absolute Gasteiger partial charge is 0.0385 e. The first-order chi connectivity index (χ1) is 8.95. The second-order valence-corrected chi connectivity index (χ2v) is 6.47. The first-order valence-electron chi connectivity index (χ1n) is 7.42. The maximum absolute atomic E-state index is 3.48. The molecule has 2 heterocycles. The molecule has 1 aliphatic carbocycles. The summed E-state index contributed by atoms with van der Waals surface area (Å²) in [6.07, 6.45) is 7.21. The zero-order valence-corrected chi connectivity index (χ0v) is 14.4. The average molecular weight is 337 g/mol. The molecule has 0 spiro atoms. The van der Waals surface area contributed by atoms with E-state index in [1.165, 1.54) is 45.2 Å². The van der Waals surface area contributed by atoms with Crippen molar-refractivity contribution in [2.45, 2.75) is 38.1 Å². The van der Waals surface area contributed by atoms with Crippen LogP contribution in [0.2, 0.25) is 0 Å². The standard InChI is InChI=1S/C15H24N2S.2ClH/c1-2-4-13(5-3-1)15(14-6-11-18-12-14)17-9-7-16-8-10-17;;/h6,11-13,15-16H,1-5,7-10H2;2*1H/t15-;;/m1../s1. The van der Waals surface area contributed by atoms with Crippen molar-refractivity contribution in [3.8, 4) is 0 Å². The molecule has 1 saturated carbocycles. The zero-order chi connectivity index (χ0) is 12.2. The van der Waals surface area contributed by atoms with Crippen LogP contribution in [0, 0.1) is 5.92 Å². The Morgan fingerprint density at radius 1 is 1.10 bits per heavy atom. The molecule has 0 amide bonds. The minimum atomic E-state index is 0. The summed E-state index contributed by atoms with van der Waals surface area (Å²) >= 11 is 1.85. The van der Waals surface area contributed by atoms with Gasteiger partial charge in [0.05, 0.1) is 0 Å². The Bertz CT molecular complexity index is 329.